The third kappa shape index (κ3) is 2.39. The molecule has 0 aromatic heterocycles. The molecule has 0 fully saturated rings. The Balaban J connectivity index is 2.40. The van der Waals surface area contributed by atoms with Gasteiger partial charge in [0.05, 0.1) is 0 Å². The Labute approximate surface area is 107 Å². The van der Waals surface area contributed by atoms with Gasteiger partial charge < -0.3 is 0 Å². The summed E-state index contributed by atoms with van der Waals surface area (Å²) < 4.78 is 1.12. The summed E-state index contributed by atoms with van der Waals surface area (Å²) in [4.78, 5) is 0. The van der Waals surface area contributed by atoms with Gasteiger partial charge in [-0.15, -0.1) is 0 Å². The summed E-state index contributed by atoms with van der Waals surface area (Å²) in [5.74, 6) is 0.785. The average molecular weight is 296 g/mol. The molecular formula is C12H12BrN2S+. The lowest BCUT2D eigenvalue weighted by atomic mass is 10.1. The molecule has 0 atom stereocenters. The first-order chi connectivity index (χ1) is 7.68. The Morgan fingerprint density at radius 2 is 2.00 bits per heavy atom. The largest absolute Gasteiger partial charge is 0.300 e. The summed E-state index contributed by atoms with van der Waals surface area (Å²) in [6.07, 6.45) is 0. The van der Waals surface area contributed by atoms with E-state index in [1.165, 1.54) is 28.1 Å². The fraction of sp³-hybridized carbons (Fsp3) is 0.0833. The maximum Gasteiger partial charge on any atom is 0.300 e. The van der Waals surface area contributed by atoms with Crippen molar-refractivity contribution in [2.45, 2.75) is 5.75 Å². The molecule has 2 rings (SSSR count). The highest BCUT2D eigenvalue weighted by atomic mass is 79.9. The number of nitrogens with two attached hydrogens (primary N) is 2. The van der Waals surface area contributed by atoms with Crippen LogP contribution in [0.15, 0.2) is 40.9 Å². The molecule has 0 aliphatic heterocycles. The van der Waals surface area contributed by atoms with E-state index in [4.69, 9.17) is 11.1 Å². The minimum Gasteiger partial charge on any atom is -0.282 e. The first-order valence-electron chi connectivity index (χ1n) is 4.85. The summed E-state index contributed by atoms with van der Waals surface area (Å²) in [6, 6.07) is 12.5. The predicted octanol–water partition coefficient (Wildman–Crippen LogP) is 1.91. The third-order valence-corrected chi connectivity index (χ3v) is 4.06. The van der Waals surface area contributed by atoms with Crippen molar-refractivity contribution in [3.8, 4) is 0 Å². The van der Waals surface area contributed by atoms with Crippen LogP contribution in [0.5, 0.6) is 0 Å². The molecule has 0 saturated carbocycles. The second-order valence-corrected chi connectivity index (χ2v) is 5.29. The normalized spacial score (nSPS) is 10.6. The van der Waals surface area contributed by atoms with Gasteiger partial charge in [0, 0.05) is 10.2 Å². The number of hydrogen-bond acceptors (Lipinski definition) is 1. The first kappa shape index (κ1) is 11.5. The molecule has 0 amide bonds. The topological polar surface area (TPSA) is 51.6 Å². The van der Waals surface area contributed by atoms with Gasteiger partial charge in [-0.3, -0.25) is 11.1 Å². The lowest BCUT2D eigenvalue weighted by Gasteiger charge is -2.06. The molecule has 4 heteroatoms. The third-order valence-electron chi connectivity index (χ3n) is 2.34. The number of rotatable bonds is 2. The van der Waals surface area contributed by atoms with E-state index in [0.29, 0.717) is 5.17 Å². The van der Waals surface area contributed by atoms with Crippen molar-refractivity contribution in [2.24, 2.45) is 5.73 Å². The molecule has 0 bridgehead atoms. The van der Waals surface area contributed by atoms with Crippen molar-refractivity contribution >= 4 is 43.6 Å². The fourth-order valence-electron chi connectivity index (χ4n) is 1.55. The Bertz CT molecular complexity index is 540. The van der Waals surface area contributed by atoms with Crippen LogP contribution in [-0.2, 0) is 5.75 Å². The quantitative estimate of drug-likeness (QED) is 0.657. The molecule has 0 aliphatic rings. The van der Waals surface area contributed by atoms with Crippen LogP contribution < -0.4 is 11.1 Å². The van der Waals surface area contributed by atoms with Gasteiger partial charge >= 0.3 is 0 Å². The van der Waals surface area contributed by atoms with Crippen LogP contribution in [0, 0.1) is 0 Å². The lowest BCUT2D eigenvalue weighted by Crippen LogP contribution is -2.43. The van der Waals surface area contributed by atoms with Gasteiger partial charge in [0.25, 0.3) is 5.17 Å². The van der Waals surface area contributed by atoms with Crippen molar-refractivity contribution in [1.29, 1.82) is 0 Å². The van der Waals surface area contributed by atoms with Crippen LogP contribution in [0.2, 0.25) is 0 Å². The molecule has 2 nitrogen and oxygen atoms in total. The summed E-state index contributed by atoms with van der Waals surface area (Å²) in [6.45, 7) is 0. The van der Waals surface area contributed by atoms with Crippen molar-refractivity contribution in [1.82, 2.24) is 0 Å². The molecule has 16 heavy (non-hydrogen) atoms. The fourth-order valence-corrected chi connectivity index (χ4v) is 2.93. The molecule has 2 aromatic carbocycles. The molecule has 0 radical (unpaired) electrons. The number of benzene rings is 2. The first-order valence-corrected chi connectivity index (χ1v) is 6.63. The minimum atomic E-state index is 0.403. The molecular weight excluding hydrogens is 284 g/mol. The number of fused-ring (bicyclic) bond motifs is 1. The van der Waals surface area contributed by atoms with Crippen LogP contribution >= 0.6 is 27.7 Å². The smallest absolute Gasteiger partial charge is 0.282 e. The zero-order valence-corrected chi connectivity index (χ0v) is 11.0. The zero-order valence-electron chi connectivity index (χ0n) is 8.61. The van der Waals surface area contributed by atoms with Gasteiger partial charge in [-0.05, 0) is 44.0 Å². The van der Waals surface area contributed by atoms with Crippen LogP contribution in [0.4, 0.5) is 0 Å². The Hall–Kier alpha value is -1.00. The summed E-state index contributed by atoms with van der Waals surface area (Å²) in [5, 5.41) is 8.30. The Kier molecular flexibility index (Phi) is 3.51. The van der Waals surface area contributed by atoms with Crippen LogP contribution in [0.1, 0.15) is 5.56 Å². The van der Waals surface area contributed by atoms with E-state index in [-0.39, 0.29) is 0 Å². The maximum atomic E-state index is 5.45. The zero-order chi connectivity index (χ0) is 11.5. The monoisotopic (exact) mass is 295 g/mol. The average Bonchev–Trinajstić information content (AvgIpc) is 2.28. The van der Waals surface area contributed by atoms with E-state index >= 15 is 0 Å². The number of halogens is 1. The highest BCUT2D eigenvalue weighted by molar-refractivity contribution is 9.10. The standard InChI is InChI=1S/C12H11BrN2S/c13-11-9(7-16-12(14)15)6-5-8-3-1-2-4-10(8)11/h1-6H,7H2,(H3,14,15)/p+1. The Morgan fingerprint density at radius 3 is 2.75 bits per heavy atom. The van der Waals surface area contributed by atoms with Gasteiger partial charge in [0.1, 0.15) is 0 Å². The molecule has 0 heterocycles. The van der Waals surface area contributed by atoms with E-state index in [9.17, 15) is 0 Å². The second-order valence-electron chi connectivity index (χ2n) is 3.45. The molecule has 0 spiro atoms. The molecule has 82 valence electrons. The molecule has 2 aromatic rings. The van der Waals surface area contributed by atoms with Crippen molar-refractivity contribution in [3.05, 3.63) is 46.4 Å². The van der Waals surface area contributed by atoms with Gasteiger partial charge in [-0.2, -0.15) is 0 Å². The van der Waals surface area contributed by atoms with Crippen molar-refractivity contribution in [2.75, 3.05) is 0 Å². The van der Waals surface area contributed by atoms with E-state index < -0.39 is 0 Å². The van der Waals surface area contributed by atoms with Crippen LogP contribution in [0.25, 0.3) is 10.8 Å². The predicted molar refractivity (Wildman–Crippen MR) is 74.1 cm³/mol. The second kappa shape index (κ2) is 4.89. The van der Waals surface area contributed by atoms with Gasteiger partial charge in [-0.25, -0.2) is 0 Å². The molecule has 0 saturated heterocycles. The van der Waals surface area contributed by atoms with Crippen LogP contribution in [-0.4, -0.2) is 5.17 Å². The highest BCUT2D eigenvalue weighted by Gasteiger charge is 2.06. The van der Waals surface area contributed by atoms with Crippen molar-refractivity contribution < 1.29 is 5.41 Å². The SMILES string of the molecule is NC(=[NH2+])SCc1ccc2ccccc2c1Br. The van der Waals surface area contributed by atoms with Crippen molar-refractivity contribution in [3.63, 3.8) is 0 Å². The molecule has 4 N–H and O–H groups in total. The van der Waals surface area contributed by atoms with E-state index in [0.717, 1.165) is 10.2 Å². The summed E-state index contributed by atoms with van der Waals surface area (Å²) >= 11 is 5.08. The highest BCUT2D eigenvalue weighted by Crippen LogP contribution is 2.29. The van der Waals surface area contributed by atoms with Crippen LogP contribution in [0.3, 0.4) is 0 Å². The number of thioether (sulfide) groups is 1. The van der Waals surface area contributed by atoms with Gasteiger partial charge in [-0.1, -0.05) is 36.4 Å². The Morgan fingerprint density at radius 1 is 1.25 bits per heavy atom. The van der Waals surface area contributed by atoms with E-state index in [2.05, 4.69) is 40.2 Å². The maximum absolute atomic E-state index is 5.45. The number of hydrogen-bond donors (Lipinski definition) is 2. The number of amidine groups is 1. The molecule has 0 unspecified atom stereocenters. The van der Waals surface area contributed by atoms with E-state index in [1.54, 1.807) is 0 Å². The van der Waals surface area contributed by atoms with Gasteiger partial charge in [0.15, 0.2) is 0 Å². The summed E-state index contributed by atoms with van der Waals surface area (Å²) in [7, 11) is 0. The lowest BCUT2D eigenvalue weighted by molar-refractivity contribution is -0.110. The van der Waals surface area contributed by atoms with E-state index in [1.807, 2.05) is 12.1 Å². The minimum absolute atomic E-state index is 0.403. The summed E-state index contributed by atoms with van der Waals surface area (Å²) in [5.41, 5.74) is 6.65. The van der Waals surface area contributed by atoms with Gasteiger partial charge in [0.2, 0.25) is 0 Å². The molecule has 0 aliphatic carbocycles.